The molecule has 0 aliphatic rings. The van der Waals surface area contributed by atoms with Gasteiger partial charge >= 0.3 is 74.8 Å². The molecule has 7 nitrogen and oxygen atoms in total. The molecule has 0 atom stereocenters. The van der Waals surface area contributed by atoms with Gasteiger partial charge in [-0.1, -0.05) is 0 Å². The first kappa shape index (κ1) is 23.8. The van der Waals surface area contributed by atoms with E-state index in [1.54, 1.807) is 0 Å². The van der Waals surface area contributed by atoms with Gasteiger partial charge in [-0.3, -0.25) is 4.70 Å². The van der Waals surface area contributed by atoms with Crippen molar-refractivity contribution in [1.82, 2.24) is 0 Å². The molecule has 0 unspecified atom stereocenters. The maximum absolute atomic E-state index is 9.63. The number of hydrogen-bond donors (Lipinski definition) is 4. The summed E-state index contributed by atoms with van der Waals surface area (Å²) in [5.41, 5.74) is 0. The molecular weight excluding hydrogens is 239 g/mol. The van der Waals surface area contributed by atoms with Crippen molar-refractivity contribution in [2.45, 2.75) is 0 Å². The molecule has 0 aliphatic carbocycles. The fourth-order valence-corrected chi connectivity index (χ4v) is 1.25. The van der Waals surface area contributed by atoms with Crippen LogP contribution in [0, 0.1) is 0 Å². The van der Waals surface area contributed by atoms with E-state index in [0.29, 0.717) is 0 Å². The monoisotopic (exact) mass is 246 g/mol. The third-order valence-corrected chi connectivity index (χ3v) is 1.91. The average molecular weight is 246 g/mol. The number of hydrogen-bond acceptors (Lipinski definition) is 3. The summed E-state index contributed by atoms with van der Waals surface area (Å²) in [6.07, 6.45) is 0. The molecule has 12 heavy (non-hydrogen) atoms. The predicted octanol–water partition coefficient (Wildman–Crippen LogP) is -1.96. The molecule has 0 rings (SSSR count). The number of halogens is 1. The molecule has 0 bridgehead atoms. The molecule has 0 heterocycles. The molecule has 0 aromatic heterocycles. The molecule has 0 saturated heterocycles. The minimum absolute atomic E-state index is 0. The van der Waals surface area contributed by atoms with Crippen LogP contribution < -0.4 is 0 Å². The Kier molecular flexibility index (Phi) is 16.8. The predicted molar refractivity (Wildman–Crippen MR) is 42.0 cm³/mol. The van der Waals surface area contributed by atoms with Gasteiger partial charge in [0.2, 0.25) is 0 Å². The summed E-state index contributed by atoms with van der Waals surface area (Å²) in [6.45, 7) is 0. The summed E-state index contributed by atoms with van der Waals surface area (Å²) in [7, 11) is -10.1. The van der Waals surface area contributed by atoms with Gasteiger partial charge in [-0.2, -0.15) is 4.31 Å². The van der Waals surface area contributed by atoms with E-state index < -0.39 is 15.6 Å². The van der Waals surface area contributed by atoms with Crippen LogP contribution in [0.5, 0.6) is 0 Å². The first-order chi connectivity index (χ1) is 3.71. The van der Waals surface area contributed by atoms with Gasteiger partial charge in [0, 0.05) is 0 Å². The van der Waals surface area contributed by atoms with Crippen LogP contribution in [0.1, 0.15) is 0 Å². The van der Waals surface area contributed by atoms with E-state index in [-0.39, 0.29) is 63.8 Å². The zero-order chi connectivity index (χ0) is 7.71. The van der Waals surface area contributed by atoms with E-state index in [1.165, 1.54) is 0 Å². The van der Waals surface area contributed by atoms with Crippen molar-refractivity contribution >= 4 is 74.8 Å². The summed E-state index contributed by atoms with van der Waals surface area (Å²) in [4.78, 5) is 31.0. The molecule has 0 spiro atoms. The summed E-state index contributed by atoms with van der Waals surface area (Å²) >= 11 is 0. The Morgan fingerprint density at radius 3 is 1.00 bits per heavy atom. The van der Waals surface area contributed by atoms with Crippen LogP contribution in [-0.4, -0.2) is 78.7 Å². The molecule has 0 saturated carbocycles. The third kappa shape index (κ3) is 22.8. The van der Waals surface area contributed by atoms with Crippen molar-refractivity contribution in [3.63, 3.8) is 0 Å². The van der Waals surface area contributed by atoms with E-state index in [9.17, 15) is 9.13 Å². The van der Waals surface area contributed by atoms with Gasteiger partial charge in [-0.15, -0.1) is 0 Å². The molecular formula is H7FNa2O7P2. The summed E-state index contributed by atoms with van der Waals surface area (Å²) in [6, 6.07) is 0. The Hall–Kier alpha value is 2.19. The van der Waals surface area contributed by atoms with Crippen LogP contribution in [0.4, 0.5) is 4.70 Å². The van der Waals surface area contributed by atoms with Crippen LogP contribution in [0.3, 0.4) is 0 Å². The summed E-state index contributed by atoms with van der Waals surface area (Å²) in [5, 5.41) is 0. The van der Waals surface area contributed by atoms with Crippen LogP contribution in [0.2, 0.25) is 0 Å². The van der Waals surface area contributed by atoms with Crippen molar-refractivity contribution in [1.29, 1.82) is 0 Å². The zero-order valence-electron chi connectivity index (χ0n) is 4.32. The fraction of sp³-hybridized carbons (Fsp3) is 0. The van der Waals surface area contributed by atoms with Crippen molar-refractivity contribution in [3.05, 3.63) is 0 Å². The number of phosphoric acid groups is 2. The van der Waals surface area contributed by atoms with E-state index >= 15 is 0 Å². The van der Waals surface area contributed by atoms with Gasteiger partial charge in [0.25, 0.3) is 0 Å². The first-order valence-corrected chi connectivity index (χ1v) is 4.59. The van der Waals surface area contributed by atoms with Crippen molar-refractivity contribution in [3.8, 4) is 0 Å². The summed E-state index contributed by atoms with van der Waals surface area (Å²) < 4.78 is 22.2. The average Bonchev–Trinajstić information content (AvgIpc) is 1.14. The Bertz CT molecular complexity index is 160. The topological polar surface area (TPSA) is 124 Å². The van der Waals surface area contributed by atoms with Crippen molar-refractivity contribution in [2.75, 3.05) is 0 Å². The molecule has 0 amide bonds. The first-order valence-electron chi connectivity index (χ1n) is 1.53. The van der Waals surface area contributed by atoms with E-state index in [4.69, 9.17) is 19.6 Å². The molecule has 68 valence electrons. The molecule has 0 radical (unpaired) electrons. The van der Waals surface area contributed by atoms with Crippen LogP contribution in [0.25, 0.3) is 0 Å². The Morgan fingerprint density at radius 1 is 0.833 bits per heavy atom. The second kappa shape index (κ2) is 8.49. The third-order valence-electron chi connectivity index (χ3n) is 0.213. The van der Waals surface area contributed by atoms with Gasteiger partial charge in [0.15, 0.2) is 0 Å². The van der Waals surface area contributed by atoms with E-state index in [0.717, 1.165) is 0 Å². The number of rotatable bonds is 2. The Morgan fingerprint density at radius 2 is 1.00 bits per heavy atom. The molecule has 0 aromatic rings. The van der Waals surface area contributed by atoms with Gasteiger partial charge in [0.1, 0.15) is 0 Å². The second-order valence-electron chi connectivity index (χ2n) is 1.06. The molecule has 0 fully saturated rings. The van der Waals surface area contributed by atoms with Crippen LogP contribution in [0.15, 0.2) is 0 Å². The summed E-state index contributed by atoms with van der Waals surface area (Å²) in [5.74, 6) is 0. The molecule has 0 aromatic carbocycles. The Balaban J connectivity index is -0.000000107. The molecule has 0 aliphatic heterocycles. The van der Waals surface area contributed by atoms with Gasteiger partial charge in [-0.25, -0.2) is 9.13 Å². The Labute approximate surface area is 111 Å². The minimum atomic E-state index is -5.05. The van der Waals surface area contributed by atoms with Gasteiger partial charge in [0.05, 0.1) is 0 Å². The second-order valence-corrected chi connectivity index (χ2v) is 3.68. The molecule has 4 N–H and O–H groups in total. The van der Waals surface area contributed by atoms with Crippen LogP contribution >= 0.6 is 15.6 Å². The standard InChI is InChI=1S/FH.2Na.H4O7P2.2H/c;;;1-8(2,3)7-9(4,5)6;;/h1H;;;(H2,1,2,3)(H2,4,5,6);;. The van der Waals surface area contributed by atoms with Gasteiger partial charge < -0.3 is 19.6 Å². The molecule has 12 heteroatoms. The van der Waals surface area contributed by atoms with Crippen LogP contribution in [-0.2, 0) is 13.4 Å². The van der Waals surface area contributed by atoms with Crippen molar-refractivity contribution in [2.24, 2.45) is 0 Å². The SMILES string of the molecule is F.O=P(O)(O)OP(=O)(O)O.[NaH].[NaH]. The van der Waals surface area contributed by atoms with Gasteiger partial charge in [-0.05, 0) is 0 Å². The normalized spacial score (nSPS) is 10.3. The zero-order valence-corrected chi connectivity index (χ0v) is 6.11. The van der Waals surface area contributed by atoms with Crippen molar-refractivity contribution < 1.29 is 37.7 Å². The fourth-order valence-electron chi connectivity index (χ4n) is 0.139. The quantitative estimate of drug-likeness (QED) is 0.329. The van der Waals surface area contributed by atoms with E-state index in [2.05, 4.69) is 4.31 Å². The maximum atomic E-state index is 9.63. The van der Waals surface area contributed by atoms with E-state index in [1.807, 2.05) is 0 Å².